The molecule has 0 radical (unpaired) electrons. The highest BCUT2D eigenvalue weighted by Crippen LogP contribution is 2.18. The molecule has 0 aromatic carbocycles. The Morgan fingerprint density at radius 1 is 1.00 bits per heavy atom. The Balaban J connectivity index is 1.71. The zero-order chi connectivity index (χ0) is 14.9. The van der Waals surface area contributed by atoms with Crippen molar-refractivity contribution in [3.8, 4) is 0 Å². The lowest BCUT2D eigenvalue weighted by molar-refractivity contribution is 0.519. The first-order chi connectivity index (χ1) is 10.4. The standard InChI is InChI=1S/C18H33N3/c1-3-5-6-7-8-9-10-11-14-21-17-12-13-19-15-16(17)20-18(21)4-2/h19H,3-15H2,1-2H3. The Kier molecular flexibility index (Phi) is 7.28. The number of hydrogen-bond acceptors (Lipinski definition) is 2. The Hall–Kier alpha value is -0.830. The SMILES string of the molecule is CCCCCCCCCCn1c(CC)nc2c1CCNC2. The van der Waals surface area contributed by atoms with E-state index in [1.54, 1.807) is 0 Å². The quantitative estimate of drug-likeness (QED) is 0.654. The third-order valence-corrected chi connectivity index (χ3v) is 4.62. The van der Waals surface area contributed by atoms with Crippen LogP contribution in [0.3, 0.4) is 0 Å². The summed E-state index contributed by atoms with van der Waals surface area (Å²) in [5, 5.41) is 3.43. The maximum Gasteiger partial charge on any atom is 0.108 e. The number of nitrogens with one attached hydrogen (secondary N) is 1. The summed E-state index contributed by atoms with van der Waals surface area (Å²) < 4.78 is 2.52. The van der Waals surface area contributed by atoms with Crippen molar-refractivity contribution in [1.82, 2.24) is 14.9 Å². The molecule has 21 heavy (non-hydrogen) atoms. The van der Waals surface area contributed by atoms with Gasteiger partial charge in [-0.05, 0) is 6.42 Å². The van der Waals surface area contributed by atoms with E-state index in [1.165, 1.54) is 75.1 Å². The molecule has 0 amide bonds. The molecule has 1 N–H and O–H groups in total. The van der Waals surface area contributed by atoms with E-state index >= 15 is 0 Å². The van der Waals surface area contributed by atoms with Crippen molar-refractivity contribution in [3.05, 3.63) is 17.2 Å². The van der Waals surface area contributed by atoms with E-state index in [0.29, 0.717) is 0 Å². The van der Waals surface area contributed by atoms with Gasteiger partial charge in [0.05, 0.1) is 5.69 Å². The number of aryl methyl sites for hydroxylation is 1. The molecule has 120 valence electrons. The van der Waals surface area contributed by atoms with Crippen LogP contribution in [0.1, 0.15) is 82.4 Å². The zero-order valence-corrected chi connectivity index (χ0v) is 14.1. The van der Waals surface area contributed by atoms with Gasteiger partial charge in [-0.1, -0.05) is 58.8 Å². The molecule has 1 aromatic heterocycles. The first-order valence-electron chi connectivity index (χ1n) is 9.14. The van der Waals surface area contributed by atoms with Gasteiger partial charge in [0.15, 0.2) is 0 Å². The van der Waals surface area contributed by atoms with Crippen LogP contribution in [-0.2, 0) is 25.9 Å². The predicted molar refractivity (Wildman–Crippen MR) is 89.6 cm³/mol. The van der Waals surface area contributed by atoms with Gasteiger partial charge in [0.1, 0.15) is 5.82 Å². The Morgan fingerprint density at radius 3 is 2.43 bits per heavy atom. The van der Waals surface area contributed by atoms with Gasteiger partial charge in [-0.3, -0.25) is 0 Å². The molecule has 0 atom stereocenters. The van der Waals surface area contributed by atoms with E-state index < -0.39 is 0 Å². The number of aromatic nitrogens is 2. The van der Waals surface area contributed by atoms with Crippen molar-refractivity contribution in [3.63, 3.8) is 0 Å². The van der Waals surface area contributed by atoms with Crippen molar-refractivity contribution in [1.29, 1.82) is 0 Å². The molecule has 0 unspecified atom stereocenters. The fourth-order valence-corrected chi connectivity index (χ4v) is 3.36. The number of imidazole rings is 1. The zero-order valence-electron chi connectivity index (χ0n) is 14.1. The third-order valence-electron chi connectivity index (χ3n) is 4.62. The van der Waals surface area contributed by atoms with Crippen LogP contribution in [0.4, 0.5) is 0 Å². The molecule has 0 saturated carbocycles. The van der Waals surface area contributed by atoms with Crippen molar-refractivity contribution in [2.75, 3.05) is 6.54 Å². The lowest BCUT2D eigenvalue weighted by atomic mass is 10.1. The smallest absolute Gasteiger partial charge is 0.108 e. The topological polar surface area (TPSA) is 29.9 Å². The van der Waals surface area contributed by atoms with Gasteiger partial charge in [0.25, 0.3) is 0 Å². The van der Waals surface area contributed by atoms with E-state index in [9.17, 15) is 0 Å². The molecule has 0 spiro atoms. The molecule has 0 saturated heterocycles. The summed E-state index contributed by atoms with van der Waals surface area (Å²) in [5.74, 6) is 1.30. The van der Waals surface area contributed by atoms with Gasteiger partial charge in [-0.15, -0.1) is 0 Å². The van der Waals surface area contributed by atoms with Crippen molar-refractivity contribution < 1.29 is 0 Å². The third kappa shape index (κ3) is 4.84. The first-order valence-corrected chi connectivity index (χ1v) is 9.14. The average molecular weight is 291 g/mol. The van der Waals surface area contributed by atoms with E-state index in [2.05, 4.69) is 23.7 Å². The van der Waals surface area contributed by atoms with Crippen LogP contribution in [-0.4, -0.2) is 16.1 Å². The second-order valence-electron chi connectivity index (χ2n) is 6.33. The summed E-state index contributed by atoms with van der Waals surface area (Å²) in [4.78, 5) is 4.82. The molecule has 0 fully saturated rings. The number of nitrogens with zero attached hydrogens (tertiary/aromatic N) is 2. The van der Waals surface area contributed by atoms with Crippen LogP contribution in [0.25, 0.3) is 0 Å². The van der Waals surface area contributed by atoms with E-state index in [-0.39, 0.29) is 0 Å². The van der Waals surface area contributed by atoms with Crippen LogP contribution in [0.2, 0.25) is 0 Å². The molecule has 3 nitrogen and oxygen atoms in total. The van der Waals surface area contributed by atoms with Crippen LogP contribution >= 0.6 is 0 Å². The summed E-state index contributed by atoms with van der Waals surface area (Å²) >= 11 is 0. The molecule has 3 heteroatoms. The minimum Gasteiger partial charge on any atom is -0.332 e. The summed E-state index contributed by atoms with van der Waals surface area (Å²) in [6.45, 7) is 7.77. The summed E-state index contributed by atoms with van der Waals surface area (Å²) in [7, 11) is 0. The maximum atomic E-state index is 4.82. The van der Waals surface area contributed by atoms with Gasteiger partial charge in [-0.25, -0.2) is 4.98 Å². The van der Waals surface area contributed by atoms with E-state index in [4.69, 9.17) is 4.98 Å². The van der Waals surface area contributed by atoms with E-state index in [1.807, 2.05) is 0 Å². The first kappa shape index (κ1) is 16.5. The predicted octanol–water partition coefficient (Wildman–Crippen LogP) is 4.23. The molecule has 0 aliphatic carbocycles. The monoisotopic (exact) mass is 291 g/mol. The molecule has 1 aliphatic heterocycles. The highest BCUT2D eigenvalue weighted by Gasteiger charge is 2.18. The minimum absolute atomic E-state index is 0.965. The van der Waals surface area contributed by atoms with Crippen molar-refractivity contribution in [2.24, 2.45) is 0 Å². The fraction of sp³-hybridized carbons (Fsp3) is 0.833. The van der Waals surface area contributed by atoms with Crippen molar-refractivity contribution in [2.45, 2.75) is 91.1 Å². The van der Waals surface area contributed by atoms with E-state index in [0.717, 1.165) is 25.9 Å². The van der Waals surface area contributed by atoms with Gasteiger partial charge in [0, 0.05) is 38.2 Å². The average Bonchev–Trinajstić information content (AvgIpc) is 2.88. The summed E-state index contributed by atoms with van der Waals surface area (Å²) in [6.07, 6.45) is 13.4. The molecular formula is C18H33N3. The molecule has 0 bridgehead atoms. The number of hydrogen-bond donors (Lipinski definition) is 1. The summed E-state index contributed by atoms with van der Waals surface area (Å²) in [5.41, 5.74) is 2.81. The molecular weight excluding hydrogens is 258 g/mol. The lowest BCUT2D eigenvalue weighted by Gasteiger charge is -2.16. The van der Waals surface area contributed by atoms with Gasteiger partial charge < -0.3 is 9.88 Å². The minimum atomic E-state index is 0.965. The Bertz CT molecular complexity index is 409. The van der Waals surface area contributed by atoms with Crippen LogP contribution in [0.15, 0.2) is 0 Å². The second kappa shape index (κ2) is 9.24. The van der Waals surface area contributed by atoms with Crippen molar-refractivity contribution >= 4 is 0 Å². The Labute approximate surface area is 130 Å². The molecule has 1 aromatic rings. The van der Waals surface area contributed by atoms with Gasteiger partial charge in [0.2, 0.25) is 0 Å². The van der Waals surface area contributed by atoms with Crippen LogP contribution < -0.4 is 5.32 Å². The van der Waals surface area contributed by atoms with Crippen LogP contribution in [0, 0.1) is 0 Å². The number of fused-ring (bicyclic) bond motifs is 1. The number of unbranched alkanes of at least 4 members (excludes halogenated alkanes) is 7. The van der Waals surface area contributed by atoms with Crippen LogP contribution in [0.5, 0.6) is 0 Å². The molecule has 2 rings (SSSR count). The second-order valence-corrected chi connectivity index (χ2v) is 6.33. The Morgan fingerprint density at radius 2 is 1.71 bits per heavy atom. The van der Waals surface area contributed by atoms with Gasteiger partial charge >= 0.3 is 0 Å². The fourth-order valence-electron chi connectivity index (χ4n) is 3.36. The summed E-state index contributed by atoms with van der Waals surface area (Å²) in [6, 6.07) is 0. The highest BCUT2D eigenvalue weighted by molar-refractivity contribution is 5.20. The largest absolute Gasteiger partial charge is 0.332 e. The molecule has 1 aliphatic rings. The lowest BCUT2D eigenvalue weighted by Crippen LogP contribution is -2.25. The number of rotatable bonds is 10. The normalized spacial score (nSPS) is 14.4. The highest BCUT2D eigenvalue weighted by atomic mass is 15.1. The molecule has 2 heterocycles. The van der Waals surface area contributed by atoms with Gasteiger partial charge in [-0.2, -0.15) is 0 Å². The maximum absolute atomic E-state index is 4.82.